The first-order valence-electron chi connectivity index (χ1n) is 3.23. The van der Waals surface area contributed by atoms with Crippen molar-refractivity contribution in [2.45, 2.75) is 18.9 Å². The Morgan fingerprint density at radius 3 is 2.80 bits per heavy atom. The van der Waals surface area contributed by atoms with E-state index in [1.165, 1.54) is 0 Å². The molecule has 0 rings (SSSR count). The Bertz CT molecular complexity index is 123. The lowest BCUT2D eigenvalue weighted by molar-refractivity contribution is -0.139. The summed E-state index contributed by atoms with van der Waals surface area (Å²) in [5, 5.41) is 11.2. The van der Waals surface area contributed by atoms with Crippen LogP contribution in [0.25, 0.3) is 0 Å². The molecule has 3 nitrogen and oxygen atoms in total. The van der Waals surface area contributed by atoms with Gasteiger partial charge < -0.3 is 10.4 Å². The summed E-state index contributed by atoms with van der Waals surface area (Å²) in [6, 6.07) is -0.432. The number of carboxylic acids is 1. The smallest absolute Gasteiger partial charge is 0.320 e. The second-order valence-corrected chi connectivity index (χ2v) is 2.05. The average Bonchev–Trinajstić information content (AvgIpc) is 1.89. The molecule has 1 unspecified atom stereocenters. The highest BCUT2D eigenvalue weighted by Gasteiger charge is 2.12. The number of carbonyl (C=O) groups is 1. The number of carboxylic acid groups (broad SMARTS) is 1. The van der Waals surface area contributed by atoms with Crippen LogP contribution in [-0.2, 0) is 4.79 Å². The summed E-state index contributed by atoms with van der Waals surface area (Å²) in [5.74, 6) is -0.802. The maximum absolute atomic E-state index is 10.3. The first-order chi connectivity index (χ1) is 4.72. The fourth-order valence-electron chi connectivity index (χ4n) is 0.676. The van der Waals surface area contributed by atoms with Gasteiger partial charge in [0.05, 0.1) is 0 Å². The highest BCUT2D eigenvalue weighted by molar-refractivity contribution is 5.73. The van der Waals surface area contributed by atoms with Crippen LogP contribution in [-0.4, -0.2) is 24.2 Å². The van der Waals surface area contributed by atoms with Gasteiger partial charge in [-0.05, 0) is 19.9 Å². The quantitative estimate of drug-likeness (QED) is 0.555. The van der Waals surface area contributed by atoms with Crippen molar-refractivity contribution in [1.29, 1.82) is 0 Å². The van der Waals surface area contributed by atoms with E-state index in [1.807, 2.05) is 0 Å². The fourth-order valence-corrected chi connectivity index (χ4v) is 0.676. The van der Waals surface area contributed by atoms with Gasteiger partial charge in [0, 0.05) is 0 Å². The topological polar surface area (TPSA) is 49.3 Å². The lowest BCUT2D eigenvalue weighted by Crippen LogP contribution is -2.33. The van der Waals surface area contributed by atoms with Crippen molar-refractivity contribution in [2.75, 3.05) is 7.05 Å². The summed E-state index contributed by atoms with van der Waals surface area (Å²) in [6.45, 7) is 3.51. The largest absolute Gasteiger partial charge is 0.480 e. The van der Waals surface area contributed by atoms with Crippen molar-refractivity contribution < 1.29 is 9.90 Å². The summed E-state index contributed by atoms with van der Waals surface area (Å²) >= 11 is 0. The molecule has 0 aliphatic rings. The first-order valence-corrected chi connectivity index (χ1v) is 3.23. The Labute approximate surface area is 60.7 Å². The Morgan fingerprint density at radius 1 is 1.90 bits per heavy atom. The number of aliphatic carboxylic acids is 1. The van der Waals surface area contributed by atoms with E-state index in [2.05, 4.69) is 11.9 Å². The van der Waals surface area contributed by atoms with Gasteiger partial charge in [0.25, 0.3) is 0 Å². The molecule has 0 aromatic carbocycles. The molecule has 0 saturated heterocycles. The summed E-state index contributed by atoms with van der Waals surface area (Å²) in [6.07, 6.45) is 3.06. The van der Waals surface area contributed by atoms with Gasteiger partial charge in [-0.3, -0.25) is 4.79 Å². The molecule has 0 fully saturated rings. The zero-order valence-corrected chi connectivity index (χ0v) is 6.13. The van der Waals surface area contributed by atoms with Crippen LogP contribution < -0.4 is 5.32 Å². The number of rotatable bonds is 5. The molecular formula is C7H13NO2. The van der Waals surface area contributed by atoms with Gasteiger partial charge in [0.2, 0.25) is 0 Å². The molecule has 3 heteroatoms. The van der Waals surface area contributed by atoms with E-state index in [0.717, 1.165) is 6.42 Å². The van der Waals surface area contributed by atoms with Crippen molar-refractivity contribution in [3.8, 4) is 0 Å². The third-order valence-electron chi connectivity index (χ3n) is 1.31. The molecule has 0 aromatic rings. The van der Waals surface area contributed by atoms with Gasteiger partial charge in [0.1, 0.15) is 6.04 Å². The van der Waals surface area contributed by atoms with Gasteiger partial charge >= 0.3 is 5.97 Å². The summed E-state index contributed by atoms with van der Waals surface area (Å²) in [7, 11) is 1.64. The van der Waals surface area contributed by atoms with Gasteiger partial charge in [0.15, 0.2) is 0 Å². The second-order valence-electron chi connectivity index (χ2n) is 2.05. The molecule has 58 valence electrons. The molecule has 0 aromatic heterocycles. The van der Waals surface area contributed by atoms with Crippen molar-refractivity contribution in [2.24, 2.45) is 0 Å². The Morgan fingerprint density at radius 2 is 2.50 bits per heavy atom. The van der Waals surface area contributed by atoms with Crippen LogP contribution in [0.3, 0.4) is 0 Å². The third kappa shape index (κ3) is 3.25. The third-order valence-corrected chi connectivity index (χ3v) is 1.31. The predicted molar refractivity (Wildman–Crippen MR) is 39.9 cm³/mol. The molecule has 0 amide bonds. The van der Waals surface area contributed by atoms with E-state index in [-0.39, 0.29) is 0 Å². The SMILES string of the molecule is C=CCCC(NC)C(=O)O. The predicted octanol–water partition coefficient (Wildman–Crippen LogP) is 0.625. The van der Waals surface area contributed by atoms with Crippen LogP contribution in [0.2, 0.25) is 0 Å². The summed E-state index contributed by atoms with van der Waals surface area (Å²) < 4.78 is 0. The minimum absolute atomic E-state index is 0.432. The van der Waals surface area contributed by atoms with E-state index >= 15 is 0 Å². The van der Waals surface area contributed by atoms with Crippen molar-refractivity contribution in [1.82, 2.24) is 5.32 Å². The molecule has 0 aliphatic carbocycles. The molecule has 1 atom stereocenters. The van der Waals surface area contributed by atoms with Crippen LogP contribution in [0.1, 0.15) is 12.8 Å². The normalized spacial score (nSPS) is 12.5. The van der Waals surface area contributed by atoms with Crippen molar-refractivity contribution >= 4 is 5.97 Å². The van der Waals surface area contributed by atoms with Gasteiger partial charge in [-0.2, -0.15) is 0 Å². The average molecular weight is 143 g/mol. The number of allylic oxidation sites excluding steroid dienone is 1. The van der Waals surface area contributed by atoms with E-state index < -0.39 is 12.0 Å². The van der Waals surface area contributed by atoms with E-state index in [9.17, 15) is 4.79 Å². The van der Waals surface area contributed by atoms with Crippen LogP contribution in [0.15, 0.2) is 12.7 Å². The van der Waals surface area contributed by atoms with Crippen LogP contribution in [0.5, 0.6) is 0 Å². The number of hydrogen-bond acceptors (Lipinski definition) is 2. The van der Waals surface area contributed by atoms with Crippen LogP contribution in [0.4, 0.5) is 0 Å². The minimum atomic E-state index is -0.802. The molecule has 0 saturated carbocycles. The molecule has 2 N–H and O–H groups in total. The molecule has 0 radical (unpaired) electrons. The lowest BCUT2D eigenvalue weighted by Gasteiger charge is -2.07. The molecule has 0 heterocycles. The molecular weight excluding hydrogens is 130 g/mol. The maximum atomic E-state index is 10.3. The Hall–Kier alpha value is -0.830. The summed E-state index contributed by atoms with van der Waals surface area (Å²) in [5.41, 5.74) is 0. The van der Waals surface area contributed by atoms with E-state index in [0.29, 0.717) is 6.42 Å². The number of nitrogens with one attached hydrogen (secondary N) is 1. The zero-order valence-electron chi connectivity index (χ0n) is 6.13. The molecule has 0 aliphatic heterocycles. The monoisotopic (exact) mass is 143 g/mol. The van der Waals surface area contributed by atoms with Crippen LogP contribution in [0, 0.1) is 0 Å². The van der Waals surface area contributed by atoms with Crippen molar-refractivity contribution in [3.63, 3.8) is 0 Å². The maximum Gasteiger partial charge on any atom is 0.320 e. The van der Waals surface area contributed by atoms with Crippen molar-refractivity contribution in [3.05, 3.63) is 12.7 Å². The highest BCUT2D eigenvalue weighted by atomic mass is 16.4. The van der Waals surface area contributed by atoms with E-state index in [1.54, 1.807) is 13.1 Å². The highest BCUT2D eigenvalue weighted by Crippen LogP contribution is 1.96. The first kappa shape index (κ1) is 9.17. The second kappa shape index (κ2) is 4.99. The molecule has 0 spiro atoms. The zero-order chi connectivity index (χ0) is 7.98. The number of hydrogen-bond donors (Lipinski definition) is 2. The lowest BCUT2D eigenvalue weighted by atomic mass is 10.1. The van der Waals surface area contributed by atoms with Crippen LogP contribution >= 0.6 is 0 Å². The van der Waals surface area contributed by atoms with E-state index in [4.69, 9.17) is 5.11 Å². The fraction of sp³-hybridized carbons (Fsp3) is 0.571. The van der Waals surface area contributed by atoms with Gasteiger partial charge in [-0.1, -0.05) is 6.08 Å². The summed E-state index contributed by atoms with van der Waals surface area (Å²) in [4.78, 5) is 10.3. The molecule has 0 bridgehead atoms. The Balaban J connectivity index is 3.60. The van der Waals surface area contributed by atoms with Gasteiger partial charge in [-0.15, -0.1) is 6.58 Å². The number of likely N-dealkylation sites (N-methyl/N-ethyl adjacent to an activating group) is 1. The van der Waals surface area contributed by atoms with Gasteiger partial charge in [-0.25, -0.2) is 0 Å². The minimum Gasteiger partial charge on any atom is -0.480 e. The standard InChI is InChI=1S/C7H13NO2/c1-3-4-5-6(8-2)7(9)10/h3,6,8H,1,4-5H2,2H3,(H,9,10). The molecule has 10 heavy (non-hydrogen) atoms. The Kier molecular flexibility index (Phi) is 4.58.